The predicted molar refractivity (Wildman–Crippen MR) is 60.5 cm³/mol. The number of carbonyl (C=O) groups is 1. The largest absolute Gasteiger partial charge is 0.545 e. The number of hydrogen-bond donors (Lipinski definition) is 1. The Kier molecular flexibility index (Phi) is 3.05. The maximum absolute atomic E-state index is 13.0. The fourth-order valence-electron chi connectivity index (χ4n) is 1.49. The molecule has 0 saturated carbocycles. The second-order valence-electron chi connectivity index (χ2n) is 3.47. The molecule has 0 amide bonds. The van der Waals surface area contributed by atoms with Crippen molar-refractivity contribution in [1.82, 2.24) is 0 Å². The molecule has 0 aliphatic heterocycles. The first-order chi connectivity index (χ1) is 8.16. The van der Waals surface area contributed by atoms with Crippen LogP contribution < -0.4 is 10.4 Å². The molecule has 0 atom stereocenters. The van der Waals surface area contributed by atoms with Crippen LogP contribution in [-0.2, 0) is 0 Å². The Labute approximate surface area is 97.5 Å². The number of rotatable bonds is 3. The number of benzene rings is 2. The van der Waals surface area contributed by atoms with Crippen molar-refractivity contribution >= 4 is 17.3 Å². The maximum Gasteiger partial charge on any atom is 0.125 e. The van der Waals surface area contributed by atoms with E-state index in [2.05, 4.69) is 5.32 Å². The lowest BCUT2D eigenvalue weighted by Gasteiger charge is -2.12. The normalized spacial score (nSPS) is 9.94. The van der Waals surface area contributed by atoms with Crippen LogP contribution in [-0.4, -0.2) is 5.97 Å². The van der Waals surface area contributed by atoms with Gasteiger partial charge >= 0.3 is 0 Å². The summed E-state index contributed by atoms with van der Waals surface area (Å²) in [5.74, 6) is -1.66. The molecular formula is C13H9FNO2-. The van der Waals surface area contributed by atoms with E-state index in [1.54, 1.807) is 30.3 Å². The van der Waals surface area contributed by atoms with Gasteiger partial charge in [0.25, 0.3) is 0 Å². The van der Waals surface area contributed by atoms with Gasteiger partial charge in [-0.05, 0) is 24.3 Å². The molecule has 0 saturated heterocycles. The summed E-state index contributed by atoms with van der Waals surface area (Å²) >= 11 is 0. The number of anilines is 2. The molecule has 2 aromatic rings. The number of carbonyl (C=O) groups excluding carboxylic acids is 1. The van der Waals surface area contributed by atoms with Crippen molar-refractivity contribution in [2.75, 3.05) is 5.32 Å². The molecule has 0 aromatic heterocycles. The summed E-state index contributed by atoms with van der Waals surface area (Å²) in [5.41, 5.74) is 0.897. The summed E-state index contributed by atoms with van der Waals surface area (Å²) in [6.07, 6.45) is 0. The van der Waals surface area contributed by atoms with Crippen molar-refractivity contribution in [3.8, 4) is 0 Å². The van der Waals surface area contributed by atoms with Crippen LogP contribution in [0.4, 0.5) is 15.8 Å². The maximum atomic E-state index is 13.0. The van der Waals surface area contributed by atoms with Crippen LogP contribution in [0.3, 0.4) is 0 Å². The lowest BCUT2D eigenvalue weighted by molar-refractivity contribution is -0.254. The number of para-hydroxylation sites is 1. The van der Waals surface area contributed by atoms with Crippen molar-refractivity contribution in [2.24, 2.45) is 0 Å². The third-order valence-corrected chi connectivity index (χ3v) is 2.25. The Bertz CT molecular complexity index is 555. The van der Waals surface area contributed by atoms with E-state index in [1.165, 1.54) is 18.2 Å². The smallest absolute Gasteiger partial charge is 0.125 e. The first-order valence-electron chi connectivity index (χ1n) is 5.00. The van der Waals surface area contributed by atoms with Crippen molar-refractivity contribution in [3.63, 3.8) is 0 Å². The van der Waals surface area contributed by atoms with Gasteiger partial charge < -0.3 is 15.2 Å². The molecule has 2 aromatic carbocycles. The molecule has 0 aliphatic rings. The van der Waals surface area contributed by atoms with Crippen molar-refractivity contribution < 1.29 is 14.3 Å². The van der Waals surface area contributed by atoms with Crippen LogP contribution >= 0.6 is 0 Å². The van der Waals surface area contributed by atoms with E-state index >= 15 is 0 Å². The number of nitrogens with one attached hydrogen (secondary N) is 1. The molecule has 17 heavy (non-hydrogen) atoms. The number of carboxylic acids is 1. The van der Waals surface area contributed by atoms with E-state index in [4.69, 9.17) is 0 Å². The van der Waals surface area contributed by atoms with Gasteiger partial charge in [0.15, 0.2) is 0 Å². The SMILES string of the molecule is O=C([O-])c1ccccc1Nc1cccc(F)c1. The van der Waals surface area contributed by atoms with E-state index in [9.17, 15) is 14.3 Å². The summed E-state index contributed by atoms with van der Waals surface area (Å²) < 4.78 is 13.0. The van der Waals surface area contributed by atoms with Crippen molar-refractivity contribution in [1.29, 1.82) is 0 Å². The van der Waals surface area contributed by atoms with Gasteiger partial charge in [-0.2, -0.15) is 0 Å². The monoisotopic (exact) mass is 230 g/mol. The van der Waals surface area contributed by atoms with Crippen LogP contribution in [0.15, 0.2) is 48.5 Å². The summed E-state index contributed by atoms with van der Waals surface area (Å²) in [5, 5.41) is 13.7. The molecule has 4 heteroatoms. The Morgan fingerprint density at radius 2 is 1.88 bits per heavy atom. The second-order valence-corrected chi connectivity index (χ2v) is 3.47. The Balaban J connectivity index is 2.33. The van der Waals surface area contributed by atoms with Gasteiger partial charge in [-0.15, -0.1) is 0 Å². The zero-order chi connectivity index (χ0) is 12.3. The van der Waals surface area contributed by atoms with E-state index < -0.39 is 5.97 Å². The van der Waals surface area contributed by atoms with Gasteiger partial charge in [-0.3, -0.25) is 0 Å². The molecule has 0 heterocycles. The van der Waals surface area contributed by atoms with Gasteiger partial charge in [-0.1, -0.05) is 24.3 Å². The molecule has 1 N–H and O–H groups in total. The first kappa shape index (κ1) is 11.1. The molecule has 0 fully saturated rings. The molecule has 0 radical (unpaired) electrons. The summed E-state index contributed by atoms with van der Waals surface area (Å²) in [6, 6.07) is 12.1. The number of hydrogen-bond acceptors (Lipinski definition) is 3. The lowest BCUT2D eigenvalue weighted by atomic mass is 10.1. The highest BCUT2D eigenvalue weighted by molar-refractivity contribution is 5.93. The van der Waals surface area contributed by atoms with E-state index in [0.29, 0.717) is 11.4 Å². The average Bonchev–Trinajstić information content (AvgIpc) is 2.29. The van der Waals surface area contributed by atoms with Gasteiger partial charge in [0.2, 0.25) is 0 Å². The molecule has 0 aliphatic carbocycles. The number of halogens is 1. The zero-order valence-electron chi connectivity index (χ0n) is 8.81. The standard InChI is InChI=1S/C13H10FNO2/c14-9-4-3-5-10(8-9)15-12-7-2-1-6-11(12)13(16)17/h1-8,15H,(H,16,17)/p-1. The summed E-state index contributed by atoms with van der Waals surface area (Å²) in [6.45, 7) is 0. The Hall–Kier alpha value is -2.36. The van der Waals surface area contributed by atoms with Crippen LogP contribution in [0.25, 0.3) is 0 Å². The number of aromatic carboxylic acids is 1. The third kappa shape index (κ3) is 2.60. The summed E-state index contributed by atoms with van der Waals surface area (Å²) in [4.78, 5) is 10.9. The van der Waals surface area contributed by atoms with Crippen LogP contribution in [0.2, 0.25) is 0 Å². The quantitative estimate of drug-likeness (QED) is 0.876. The molecule has 0 bridgehead atoms. The predicted octanol–water partition coefficient (Wildman–Crippen LogP) is 1.93. The van der Waals surface area contributed by atoms with Crippen molar-refractivity contribution in [2.45, 2.75) is 0 Å². The fraction of sp³-hybridized carbons (Fsp3) is 0. The molecule has 2 rings (SSSR count). The average molecular weight is 230 g/mol. The zero-order valence-corrected chi connectivity index (χ0v) is 8.81. The minimum Gasteiger partial charge on any atom is -0.545 e. The van der Waals surface area contributed by atoms with Crippen LogP contribution in [0.1, 0.15) is 10.4 Å². The number of carboxylic acid groups (broad SMARTS) is 1. The minimum absolute atomic E-state index is 0.0387. The van der Waals surface area contributed by atoms with Gasteiger partial charge in [0, 0.05) is 16.9 Å². The van der Waals surface area contributed by atoms with Gasteiger partial charge in [0.05, 0.1) is 5.97 Å². The molecular weight excluding hydrogens is 221 g/mol. The Morgan fingerprint density at radius 3 is 2.59 bits per heavy atom. The summed E-state index contributed by atoms with van der Waals surface area (Å²) in [7, 11) is 0. The van der Waals surface area contributed by atoms with Crippen LogP contribution in [0, 0.1) is 5.82 Å². The lowest BCUT2D eigenvalue weighted by Crippen LogP contribution is -2.23. The fourth-order valence-corrected chi connectivity index (χ4v) is 1.49. The molecule has 0 spiro atoms. The van der Waals surface area contributed by atoms with Crippen molar-refractivity contribution in [3.05, 3.63) is 59.9 Å². The first-order valence-corrected chi connectivity index (χ1v) is 5.00. The minimum atomic E-state index is -1.27. The van der Waals surface area contributed by atoms with E-state index in [0.717, 1.165) is 0 Å². The van der Waals surface area contributed by atoms with E-state index in [-0.39, 0.29) is 11.4 Å². The van der Waals surface area contributed by atoms with Gasteiger partial charge in [-0.25, -0.2) is 4.39 Å². The highest BCUT2D eigenvalue weighted by atomic mass is 19.1. The third-order valence-electron chi connectivity index (χ3n) is 2.25. The Morgan fingerprint density at radius 1 is 1.12 bits per heavy atom. The highest BCUT2D eigenvalue weighted by Crippen LogP contribution is 2.20. The second kappa shape index (κ2) is 4.65. The van der Waals surface area contributed by atoms with Gasteiger partial charge in [0.1, 0.15) is 5.82 Å². The molecule has 86 valence electrons. The van der Waals surface area contributed by atoms with Crippen LogP contribution in [0.5, 0.6) is 0 Å². The molecule has 3 nitrogen and oxygen atoms in total. The topological polar surface area (TPSA) is 52.2 Å². The van der Waals surface area contributed by atoms with E-state index in [1.807, 2.05) is 0 Å². The highest BCUT2D eigenvalue weighted by Gasteiger charge is 2.03. The molecule has 0 unspecified atom stereocenters.